The first kappa shape index (κ1) is 9.31. The van der Waals surface area contributed by atoms with Crippen molar-refractivity contribution < 1.29 is 12.9 Å². The van der Waals surface area contributed by atoms with E-state index in [0.29, 0.717) is 0 Å². The largest absolute Gasteiger partial charge is 0.750 e. The predicted octanol–water partition coefficient (Wildman–Crippen LogP) is 1.77. The molecule has 4 bridgehead atoms. The third-order valence-corrected chi connectivity index (χ3v) is 4.72. The summed E-state index contributed by atoms with van der Waals surface area (Å²) in [5, 5.41) is 0. The van der Waals surface area contributed by atoms with Crippen LogP contribution >= 0.6 is 0 Å². The fourth-order valence-electron chi connectivity index (χ4n) is 4.28. The van der Waals surface area contributed by atoms with Gasteiger partial charge < -0.3 is 4.55 Å². The first-order valence-electron chi connectivity index (χ1n) is 5.44. The smallest absolute Gasteiger partial charge is 0.0852 e. The Morgan fingerprint density at radius 2 is 1.50 bits per heavy atom. The lowest BCUT2D eigenvalue weighted by Crippen LogP contribution is -2.52. The van der Waals surface area contributed by atoms with Gasteiger partial charge in [-0.15, -0.1) is 0 Å². The quantitative estimate of drug-likeness (QED) is 0.659. The fraction of sp³-hybridized carbons (Fsp3) is 1.00. The van der Waals surface area contributed by atoms with Gasteiger partial charge in [-0.25, -0.2) is 4.21 Å². The van der Waals surface area contributed by atoms with Crippen LogP contribution in [0.1, 0.15) is 38.5 Å². The Morgan fingerprint density at radius 1 is 1.07 bits per heavy atom. The molecule has 0 spiro atoms. The Balaban J connectivity index is 1.83. The molecule has 0 heterocycles. The second-order valence-electron chi connectivity index (χ2n) is 5.39. The summed E-state index contributed by atoms with van der Waals surface area (Å²) < 4.78 is 26.5. The summed E-state index contributed by atoms with van der Waals surface area (Å²) in [4.78, 5) is 0. The Bertz CT molecular complexity index is 241. The zero-order valence-electron chi connectivity index (χ0n) is 8.11. The molecule has 4 aliphatic rings. The average molecular weight is 215 g/mol. The third kappa shape index (κ3) is 1.44. The maximum Gasteiger partial charge on any atom is 0.0852 e. The fourth-order valence-corrected chi connectivity index (χ4v) is 4.77. The van der Waals surface area contributed by atoms with E-state index in [4.69, 9.17) is 4.18 Å². The van der Waals surface area contributed by atoms with Crippen molar-refractivity contribution in [2.24, 2.45) is 17.8 Å². The van der Waals surface area contributed by atoms with E-state index in [1.165, 1.54) is 19.3 Å². The summed E-state index contributed by atoms with van der Waals surface area (Å²) in [7, 11) is 0. The van der Waals surface area contributed by atoms with Crippen LogP contribution in [0.25, 0.3) is 0 Å². The molecule has 0 aromatic rings. The molecule has 0 saturated heterocycles. The van der Waals surface area contributed by atoms with Crippen LogP contribution in [0.15, 0.2) is 0 Å². The summed E-state index contributed by atoms with van der Waals surface area (Å²) in [6.07, 6.45) is 6.88. The Labute approximate surface area is 86.7 Å². The van der Waals surface area contributed by atoms with E-state index in [0.717, 1.165) is 37.0 Å². The van der Waals surface area contributed by atoms with E-state index in [2.05, 4.69) is 0 Å². The Kier molecular flexibility index (Phi) is 2.01. The molecule has 14 heavy (non-hydrogen) atoms. The topological polar surface area (TPSA) is 49.4 Å². The van der Waals surface area contributed by atoms with Gasteiger partial charge in [0.25, 0.3) is 0 Å². The van der Waals surface area contributed by atoms with E-state index >= 15 is 0 Å². The molecular formula is C10H15O3S-. The minimum Gasteiger partial charge on any atom is -0.750 e. The van der Waals surface area contributed by atoms with Gasteiger partial charge in [0.15, 0.2) is 0 Å². The van der Waals surface area contributed by atoms with Crippen molar-refractivity contribution in [1.29, 1.82) is 0 Å². The van der Waals surface area contributed by atoms with Crippen LogP contribution in [0.4, 0.5) is 0 Å². The van der Waals surface area contributed by atoms with E-state index in [-0.39, 0.29) is 5.60 Å². The maximum absolute atomic E-state index is 10.7. The molecular weight excluding hydrogens is 200 g/mol. The highest BCUT2D eigenvalue weighted by atomic mass is 32.2. The van der Waals surface area contributed by atoms with E-state index < -0.39 is 11.4 Å². The van der Waals surface area contributed by atoms with Crippen LogP contribution in [0.2, 0.25) is 0 Å². The standard InChI is InChI=1S/C10H16O3S/c11-14(12)13-10-4-7-1-8(5-10)3-9(2-7)6-10/h7-9H,1-6H2,(H,11,12)/p-1. The van der Waals surface area contributed by atoms with Gasteiger partial charge in [-0.3, -0.25) is 4.18 Å². The maximum atomic E-state index is 10.7. The normalized spacial score (nSPS) is 52.2. The highest BCUT2D eigenvalue weighted by Crippen LogP contribution is 2.57. The van der Waals surface area contributed by atoms with Crippen molar-refractivity contribution in [2.45, 2.75) is 44.1 Å². The monoisotopic (exact) mass is 215 g/mol. The molecule has 4 rings (SSSR count). The predicted molar refractivity (Wildman–Crippen MR) is 50.9 cm³/mol. The summed E-state index contributed by atoms with van der Waals surface area (Å²) in [6.45, 7) is 0. The molecule has 3 nitrogen and oxygen atoms in total. The Hall–Kier alpha value is 0.0700. The zero-order chi connectivity index (χ0) is 9.76. The van der Waals surface area contributed by atoms with Crippen molar-refractivity contribution in [2.75, 3.05) is 0 Å². The lowest BCUT2D eigenvalue weighted by atomic mass is 9.54. The molecule has 1 atom stereocenters. The summed E-state index contributed by atoms with van der Waals surface area (Å²) in [5.41, 5.74) is -0.290. The van der Waals surface area contributed by atoms with Crippen LogP contribution in [-0.2, 0) is 15.5 Å². The Morgan fingerprint density at radius 3 is 1.86 bits per heavy atom. The first-order valence-corrected chi connectivity index (χ1v) is 6.44. The molecule has 4 heteroatoms. The van der Waals surface area contributed by atoms with Crippen LogP contribution in [0.3, 0.4) is 0 Å². The first-order chi connectivity index (χ1) is 6.65. The molecule has 4 aliphatic carbocycles. The molecule has 1 unspecified atom stereocenters. The van der Waals surface area contributed by atoms with Crippen LogP contribution in [0, 0.1) is 17.8 Å². The van der Waals surface area contributed by atoms with Crippen molar-refractivity contribution in [1.82, 2.24) is 0 Å². The number of hydrogen-bond donors (Lipinski definition) is 0. The van der Waals surface area contributed by atoms with Gasteiger partial charge in [0.1, 0.15) is 0 Å². The van der Waals surface area contributed by atoms with E-state index in [9.17, 15) is 8.76 Å². The lowest BCUT2D eigenvalue weighted by molar-refractivity contribution is -0.105. The zero-order valence-corrected chi connectivity index (χ0v) is 8.92. The minimum absolute atomic E-state index is 0.290. The third-order valence-electron chi connectivity index (χ3n) is 4.23. The molecule has 4 fully saturated rings. The number of hydrogen-bond acceptors (Lipinski definition) is 3. The second-order valence-corrected chi connectivity index (χ2v) is 5.96. The van der Waals surface area contributed by atoms with Gasteiger partial charge in [-0.05, 0) is 56.3 Å². The lowest BCUT2D eigenvalue weighted by Gasteiger charge is -2.55. The van der Waals surface area contributed by atoms with Crippen molar-refractivity contribution >= 4 is 11.4 Å². The van der Waals surface area contributed by atoms with Crippen molar-refractivity contribution in [3.8, 4) is 0 Å². The van der Waals surface area contributed by atoms with Crippen LogP contribution in [0.5, 0.6) is 0 Å². The molecule has 0 aromatic heterocycles. The second kappa shape index (κ2) is 3.03. The van der Waals surface area contributed by atoms with Gasteiger partial charge in [0.05, 0.1) is 17.0 Å². The van der Waals surface area contributed by atoms with Gasteiger partial charge in [0.2, 0.25) is 0 Å². The van der Waals surface area contributed by atoms with Crippen LogP contribution in [-0.4, -0.2) is 14.4 Å². The molecule has 80 valence electrons. The average Bonchev–Trinajstić information content (AvgIpc) is 1.96. The van der Waals surface area contributed by atoms with Crippen molar-refractivity contribution in [3.63, 3.8) is 0 Å². The molecule has 0 radical (unpaired) electrons. The van der Waals surface area contributed by atoms with Gasteiger partial charge in [0, 0.05) is 0 Å². The molecule has 0 aliphatic heterocycles. The molecule has 0 amide bonds. The SMILES string of the molecule is O=S([O-])OC12CC3CC(CC(C3)C1)C2. The van der Waals surface area contributed by atoms with Gasteiger partial charge in [-0.2, -0.15) is 0 Å². The number of rotatable bonds is 2. The minimum atomic E-state index is -2.33. The van der Waals surface area contributed by atoms with Gasteiger partial charge in [-0.1, -0.05) is 0 Å². The summed E-state index contributed by atoms with van der Waals surface area (Å²) >= 11 is -2.33. The molecule has 0 N–H and O–H groups in total. The highest BCUT2D eigenvalue weighted by molar-refractivity contribution is 7.74. The molecule has 4 saturated carbocycles. The van der Waals surface area contributed by atoms with Crippen molar-refractivity contribution in [3.05, 3.63) is 0 Å². The van der Waals surface area contributed by atoms with Gasteiger partial charge >= 0.3 is 0 Å². The highest BCUT2D eigenvalue weighted by Gasteiger charge is 2.52. The van der Waals surface area contributed by atoms with Crippen LogP contribution < -0.4 is 0 Å². The summed E-state index contributed by atoms with van der Waals surface area (Å²) in [5.74, 6) is 2.22. The van der Waals surface area contributed by atoms with E-state index in [1.54, 1.807) is 0 Å². The summed E-state index contributed by atoms with van der Waals surface area (Å²) in [6, 6.07) is 0. The molecule has 0 aromatic carbocycles. The van der Waals surface area contributed by atoms with E-state index in [1.807, 2.05) is 0 Å².